The Morgan fingerprint density at radius 3 is 2.85 bits per heavy atom. The Morgan fingerprint density at radius 1 is 1.33 bits per heavy atom. The summed E-state index contributed by atoms with van der Waals surface area (Å²) >= 11 is 7.50. The van der Waals surface area contributed by atoms with E-state index < -0.39 is 5.69 Å². The molecule has 0 amide bonds. The van der Waals surface area contributed by atoms with Crippen molar-refractivity contribution in [1.29, 1.82) is 0 Å². The Bertz CT molecular complexity index is 1090. The Labute approximate surface area is 164 Å². The molecule has 0 saturated carbocycles. The molecule has 1 aromatic carbocycles. The minimum absolute atomic E-state index is 0.129. The minimum Gasteiger partial charge on any atom is -0.416 e. The topological polar surface area (TPSA) is 93.8 Å². The molecule has 7 nitrogen and oxygen atoms in total. The fraction of sp³-hybridized carbons (Fsp3) is 0.222. The van der Waals surface area contributed by atoms with E-state index in [0.717, 1.165) is 10.1 Å². The number of hydrogen-bond donors (Lipinski definition) is 1. The summed E-state index contributed by atoms with van der Waals surface area (Å²) in [5, 5.41) is 9.06. The molecule has 0 bridgehead atoms. The largest absolute Gasteiger partial charge is 0.416 e. The van der Waals surface area contributed by atoms with Crippen LogP contribution in [0.1, 0.15) is 22.7 Å². The van der Waals surface area contributed by atoms with Crippen LogP contribution in [0.3, 0.4) is 0 Å². The maximum absolute atomic E-state index is 12.5. The van der Waals surface area contributed by atoms with Crippen LogP contribution in [-0.2, 0) is 18.7 Å². The number of halogens is 1. The van der Waals surface area contributed by atoms with Crippen molar-refractivity contribution in [3.05, 3.63) is 85.5 Å². The molecule has 9 heteroatoms. The zero-order valence-corrected chi connectivity index (χ0v) is 16.1. The molecule has 140 valence electrons. The molecular formula is C18H17ClN4O3S. The third-order valence-corrected chi connectivity index (χ3v) is 5.13. The predicted molar refractivity (Wildman–Crippen MR) is 104 cm³/mol. The lowest BCUT2D eigenvalue weighted by molar-refractivity contribution is 0.419. The highest BCUT2D eigenvalue weighted by atomic mass is 35.5. The van der Waals surface area contributed by atoms with Gasteiger partial charge in [0.15, 0.2) is 0 Å². The molecular weight excluding hydrogens is 388 g/mol. The second-order valence-corrected chi connectivity index (χ2v) is 7.09. The molecule has 2 aromatic heterocycles. The van der Waals surface area contributed by atoms with Crippen LogP contribution in [-0.4, -0.2) is 19.7 Å². The molecule has 0 atom stereocenters. The van der Waals surface area contributed by atoms with E-state index in [1.54, 1.807) is 6.92 Å². The number of thioether (sulfide) groups is 1. The number of H-pyrrole nitrogens is 1. The van der Waals surface area contributed by atoms with Gasteiger partial charge in [-0.25, -0.2) is 4.79 Å². The van der Waals surface area contributed by atoms with Crippen molar-refractivity contribution < 1.29 is 4.42 Å². The molecule has 0 fully saturated rings. The van der Waals surface area contributed by atoms with E-state index in [1.807, 2.05) is 24.3 Å². The van der Waals surface area contributed by atoms with Crippen LogP contribution in [0.5, 0.6) is 0 Å². The second kappa shape index (κ2) is 8.41. The highest BCUT2D eigenvalue weighted by Crippen LogP contribution is 2.26. The zero-order chi connectivity index (χ0) is 19.4. The average molecular weight is 405 g/mol. The summed E-state index contributed by atoms with van der Waals surface area (Å²) < 4.78 is 6.71. The van der Waals surface area contributed by atoms with E-state index in [4.69, 9.17) is 16.0 Å². The summed E-state index contributed by atoms with van der Waals surface area (Å²) in [4.78, 5) is 27.1. The molecule has 0 aliphatic heterocycles. The van der Waals surface area contributed by atoms with Gasteiger partial charge in [-0.3, -0.25) is 9.36 Å². The normalized spacial score (nSPS) is 10.9. The first-order valence-electron chi connectivity index (χ1n) is 8.11. The molecule has 0 saturated heterocycles. The summed E-state index contributed by atoms with van der Waals surface area (Å²) in [5.41, 5.74) is 0.992. The summed E-state index contributed by atoms with van der Waals surface area (Å²) in [5.74, 6) is 0.888. The lowest BCUT2D eigenvalue weighted by atomic mass is 10.1. The van der Waals surface area contributed by atoms with Gasteiger partial charge < -0.3 is 9.40 Å². The third-order valence-electron chi connectivity index (χ3n) is 3.89. The van der Waals surface area contributed by atoms with Crippen molar-refractivity contribution in [2.24, 2.45) is 0 Å². The van der Waals surface area contributed by atoms with Gasteiger partial charge in [-0.2, -0.15) is 0 Å². The van der Waals surface area contributed by atoms with Crippen molar-refractivity contribution in [2.45, 2.75) is 30.9 Å². The van der Waals surface area contributed by atoms with Crippen LogP contribution in [0.2, 0.25) is 5.02 Å². The Hall–Kier alpha value is -2.58. The zero-order valence-electron chi connectivity index (χ0n) is 14.6. The summed E-state index contributed by atoms with van der Waals surface area (Å²) in [6.45, 7) is 5.36. The van der Waals surface area contributed by atoms with Gasteiger partial charge in [-0.1, -0.05) is 47.6 Å². The SMILES string of the molecule is C=CCn1c(=O)[nH]c(C)c(Cc2nnc(SCc3ccccc3Cl)o2)c1=O. The van der Waals surface area contributed by atoms with Crippen LogP contribution < -0.4 is 11.2 Å². The van der Waals surface area contributed by atoms with Crippen molar-refractivity contribution in [3.8, 4) is 0 Å². The van der Waals surface area contributed by atoms with Crippen LogP contribution in [0.15, 0.2) is 56.1 Å². The van der Waals surface area contributed by atoms with E-state index in [1.165, 1.54) is 17.8 Å². The maximum atomic E-state index is 12.5. The fourth-order valence-electron chi connectivity index (χ4n) is 2.50. The summed E-state index contributed by atoms with van der Waals surface area (Å²) in [6.07, 6.45) is 1.63. The molecule has 3 aromatic rings. The van der Waals surface area contributed by atoms with Crippen molar-refractivity contribution in [1.82, 2.24) is 19.7 Å². The van der Waals surface area contributed by atoms with Gasteiger partial charge in [0, 0.05) is 28.6 Å². The van der Waals surface area contributed by atoms with Crippen molar-refractivity contribution >= 4 is 23.4 Å². The van der Waals surface area contributed by atoms with E-state index >= 15 is 0 Å². The summed E-state index contributed by atoms with van der Waals surface area (Å²) in [6, 6.07) is 7.53. The molecule has 0 aliphatic rings. The number of nitrogens with one attached hydrogen (secondary N) is 1. The average Bonchev–Trinajstić information content (AvgIpc) is 3.09. The second-order valence-electron chi connectivity index (χ2n) is 5.76. The summed E-state index contributed by atoms with van der Waals surface area (Å²) in [7, 11) is 0. The number of benzene rings is 1. The number of allylic oxidation sites excluding steroid dienone is 1. The molecule has 3 rings (SSSR count). The molecule has 0 radical (unpaired) electrons. The van der Waals surface area contributed by atoms with Gasteiger partial charge >= 0.3 is 5.69 Å². The number of rotatable bonds is 7. The quantitative estimate of drug-likeness (QED) is 0.480. The third kappa shape index (κ3) is 4.40. The van der Waals surface area contributed by atoms with Crippen molar-refractivity contribution in [2.75, 3.05) is 0 Å². The molecule has 0 aliphatic carbocycles. The highest BCUT2D eigenvalue weighted by molar-refractivity contribution is 7.98. The molecule has 1 N–H and O–H groups in total. The number of nitrogens with zero attached hydrogens (tertiary/aromatic N) is 3. The lowest BCUT2D eigenvalue weighted by Crippen LogP contribution is -2.37. The standard InChI is InChI=1S/C18H17ClN4O3S/c1-3-8-23-16(24)13(11(2)20-17(23)25)9-15-21-22-18(26-15)27-10-12-6-4-5-7-14(12)19/h3-7H,1,8-10H2,2H3,(H,20,25). The van der Waals surface area contributed by atoms with Crippen LogP contribution in [0.4, 0.5) is 0 Å². The van der Waals surface area contributed by atoms with Crippen LogP contribution >= 0.6 is 23.4 Å². The fourth-order valence-corrected chi connectivity index (χ4v) is 3.56. The molecule has 0 spiro atoms. The highest BCUT2D eigenvalue weighted by Gasteiger charge is 2.15. The first-order chi connectivity index (χ1) is 13.0. The van der Waals surface area contributed by atoms with E-state index in [2.05, 4.69) is 21.8 Å². The molecule has 0 unspecified atom stereocenters. The van der Waals surface area contributed by atoms with Gasteiger partial charge in [-0.15, -0.1) is 16.8 Å². The number of aryl methyl sites for hydroxylation is 1. The molecule has 2 heterocycles. The van der Waals surface area contributed by atoms with E-state index in [0.29, 0.717) is 33.1 Å². The monoisotopic (exact) mass is 404 g/mol. The Morgan fingerprint density at radius 2 is 2.11 bits per heavy atom. The van der Waals surface area contributed by atoms with Gasteiger partial charge in [-0.05, 0) is 18.6 Å². The van der Waals surface area contributed by atoms with Crippen molar-refractivity contribution in [3.63, 3.8) is 0 Å². The number of hydrogen-bond acceptors (Lipinski definition) is 6. The first-order valence-corrected chi connectivity index (χ1v) is 9.48. The van der Waals surface area contributed by atoms with Gasteiger partial charge in [0.1, 0.15) is 0 Å². The maximum Gasteiger partial charge on any atom is 0.328 e. The molecule has 27 heavy (non-hydrogen) atoms. The smallest absolute Gasteiger partial charge is 0.328 e. The van der Waals surface area contributed by atoms with Gasteiger partial charge in [0.2, 0.25) is 5.89 Å². The number of aromatic nitrogens is 4. The Kier molecular flexibility index (Phi) is 5.98. The van der Waals surface area contributed by atoms with E-state index in [9.17, 15) is 9.59 Å². The Balaban J connectivity index is 1.77. The lowest BCUT2D eigenvalue weighted by Gasteiger charge is -2.06. The van der Waals surface area contributed by atoms with E-state index in [-0.39, 0.29) is 18.5 Å². The first kappa shape index (κ1) is 19.2. The van der Waals surface area contributed by atoms with Gasteiger partial charge in [0.25, 0.3) is 10.8 Å². The van der Waals surface area contributed by atoms with Gasteiger partial charge in [0.05, 0.1) is 6.42 Å². The minimum atomic E-state index is -0.470. The van der Waals surface area contributed by atoms with Crippen LogP contribution in [0.25, 0.3) is 0 Å². The predicted octanol–water partition coefficient (Wildman–Crippen LogP) is 2.95. The number of aromatic amines is 1. The van der Waals surface area contributed by atoms with Crippen LogP contribution in [0, 0.1) is 6.92 Å².